The van der Waals surface area contributed by atoms with Crippen molar-refractivity contribution in [1.29, 1.82) is 0 Å². The van der Waals surface area contributed by atoms with Gasteiger partial charge in [0.25, 0.3) is 0 Å². The number of carbonyl (C=O) groups excluding carboxylic acids is 1. The lowest BCUT2D eigenvalue weighted by Gasteiger charge is -2.27. The SMILES string of the molecule is O=C(OCc1ccccc1)N1CCc2nc(Cl)ccc2C1. The van der Waals surface area contributed by atoms with Crippen molar-refractivity contribution in [2.45, 2.75) is 19.6 Å². The standard InChI is InChI=1S/C16H15ClN2O2/c17-15-7-6-13-10-19(9-8-14(13)18-15)16(20)21-11-12-4-2-1-3-5-12/h1-7H,8-11H2. The number of benzene rings is 1. The Balaban J connectivity index is 1.60. The molecule has 2 heterocycles. The van der Waals surface area contributed by atoms with Crippen molar-refractivity contribution < 1.29 is 9.53 Å². The van der Waals surface area contributed by atoms with E-state index in [-0.39, 0.29) is 6.09 Å². The highest BCUT2D eigenvalue weighted by atomic mass is 35.5. The number of carbonyl (C=O) groups is 1. The normalized spacial score (nSPS) is 13.7. The lowest BCUT2D eigenvalue weighted by atomic mass is 10.1. The van der Waals surface area contributed by atoms with Crippen molar-refractivity contribution in [1.82, 2.24) is 9.88 Å². The van der Waals surface area contributed by atoms with Crippen molar-refractivity contribution in [2.75, 3.05) is 6.54 Å². The number of nitrogens with zero attached hydrogens (tertiary/aromatic N) is 2. The number of fused-ring (bicyclic) bond motifs is 1. The maximum Gasteiger partial charge on any atom is 0.410 e. The first-order valence-corrected chi connectivity index (χ1v) is 7.20. The predicted octanol–water partition coefficient (Wildman–Crippen LogP) is 3.43. The number of rotatable bonds is 2. The van der Waals surface area contributed by atoms with Gasteiger partial charge in [0, 0.05) is 18.7 Å². The van der Waals surface area contributed by atoms with E-state index in [9.17, 15) is 4.79 Å². The van der Waals surface area contributed by atoms with Crippen LogP contribution in [0.25, 0.3) is 0 Å². The Morgan fingerprint density at radius 1 is 1.24 bits per heavy atom. The van der Waals surface area contributed by atoms with Crippen LogP contribution in [0, 0.1) is 0 Å². The number of amides is 1. The van der Waals surface area contributed by atoms with Gasteiger partial charge in [0.05, 0.1) is 6.54 Å². The molecule has 0 atom stereocenters. The molecule has 108 valence electrons. The zero-order valence-electron chi connectivity index (χ0n) is 11.5. The largest absolute Gasteiger partial charge is 0.445 e. The van der Waals surface area contributed by atoms with Crippen LogP contribution < -0.4 is 0 Å². The van der Waals surface area contributed by atoms with Gasteiger partial charge in [-0.1, -0.05) is 48.0 Å². The van der Waals surface area contributed by atoms with E-state index < -0.39 is 0 Å². The molecular formula is C16H15ClN2O2. The summed E-state index contributed by atoms with van der Waals surface area (Å²) in [5.74, 6) is 0. The van der Waals surface area contributed by atoms with Gasteiger partial charge in [-0.25, -0.2) is 9.78 Å². The van der Waals surface area contributed by atoms with Crippen molar-refractivity contribution >= 4 is 17.7 Å². The molecule has 3 rings (SSSR count). The molecule has 0 bridgehead atoms. The zero-order valence-corrected chi connectivity index (χ0v) is 12.2. The number of hydrogen-bond acceptors (Lipinski definition) is 3. The molecule has 0 fully saturated rings. The van der Waals surface area contributed by atoms with E-state index >= 15 is 0 Å². The van der Waals surface area contributed by atoms with Gasteiger partial charge in [-0.2, -0.15) is 0 Å². The molecule has 1 aliphatic rings. The van der Waals surface area contributed by atoms with E-state index in [4.69, 9.17) is 16.3 Å². The second-order valence-electron chi connectivity index (χ2n) is 4.95. The minimum Gasteiger partial charge on any atom is -0.445 e. The van der Waals surface area contributed by atoms with Gasteiger partial charge in [-0.3, -0.25) is 0 Å². The Labute approximate surface area is 128 Å². The van der Waals surface area contributed by atoms with E-state index in [1.807, 2.05) is 36.4 Å². The minimum absolute atomic E-state index is 0.292. The van der Waals surface area contributed by atoms with E-state index in [1.54, 1.807) is 11.0 Å². The summed E-state index contributed by atoms with van der Waals surface area (Å²) >= 11 is 5.88. The third-order valence-corrected chi connectivity index (χ3v) is 3.69. The Morgan fingerprint density at radius 3 is 2.86 bits per heavy atom. The fraction of sp³-hybridized carbons (Fsp3) is 0.250. The molecule has 0 aliphatic carbocycles. The van der Waals surface area contributed by atoms with Gasteiger partial charge in [0.15, 0.2) is 0 Å². The van der Waals surface area contributed by atoms with E-state index in [0.29, 0.717) is 31.3 Å². The second-order valence-corrected chi connectivity index (χ2v) is 5.34. The molecular weight excluding hydrogens is 288 g/mol. The summed E-state index contributed by atoms with van der Waals surface area (Å²) in [6.45, 7) is 1.42. The average molecular weight is 303 g/mol. The van der Waals surface area contributed by atoms with E-state index in [0.717, 1.165) is 16.8 Å². The van der Waals surface area contributed by atoms with Gasteiger partial charge in [0.1, 0.15) is 11.8 Å². The number of pyridine rings is 1. The molecule has 5 heteroatoms. The van der Waals surface area contributed by atoms with Crippen LogP contribution in [0.3, 0.4) is 0 Å². The fourth-order valence-corrected chi connectivity index (χ4v) is 2.52. The fourth-order valence-electron chi connectivity index (χ4n) is 2.36. The smallest absolute Gasteiger partial charge is 0.410 e. The minimum atomic E-state index is -0.292. The highest BCUT2D eigenvalue weighted by Crippen LogP contribution is 2.20. The van der Waals surface area contributed by atoms with Crippen LogP contribution in [-0.2, 0) is 24.3 Å². The summed E-state index contributed by atoms with van der Waals surface area (Å²) in [6, 6.07) is 13.3. The van der Waals surface area contributed by atoms with E-state index in [1.165, 1.54) is 0 Å². The molecule has 2 aromatic rings. The highest BCUT2D eigenvalue weighted by Gasteiger charge is 2.22. The Morgan fingerprint density at radius 2 is 2.05 bits per heavy atom. The molecule has 1 aromatic carbocycles. The van der Waals surface area contributed by atoms with Crippen molar-refractivity contribution in [3.63, 3.8) is 0 Å². The maximum atomic E-state index is 12.1. The highest BCUT2D eigenvalue weighted by molar-refractivity contribution is 6.29. The summed E-state index contributed by atoms with van der Waals surface area (Å²) in [7, 11) is 0. The number of aromatic nitrogens is 1. The van der Waals surface area contributed by atoms with Crippen LogP contribution in [0.4, 0.5) is 4.79 Å². The van der Waals surface area contributed by atoms with Crippen LogP contribution in [0.2, 0.25) is 5.15 Å². The Bertz CT molecular complexity index is 646. The third kappa shape index (κ3) is 3.34. The van der Waals surface area contributed by atoms with Crippen LogP contribution in [0.1, 0.15) is 16.8 Å². The van der Waals surface area contributed by atoms with Crippen LogP contribution in [0.15, 0.2) is 42.5 Å². The predicted molar refractivity (Wildman–Crippen MR) is 80.0 cm³/mol. The van der Waals surface area contributed by atoms with Crippen molar-refractivity contribution in [2.24, 2.45) is 0 Å². The molecule has 0 spiro atoms. The average Bonchev–Trinajstić information content (AvgIpc) is 2.53. The van der Waals surface area contributed by atoms with Crippen molar-refractivity contribution in [3.8, 4) is 0 Å². The van der Waals surface area contributed by atoms with E-state index in [2.05, 4.69) is 4.98 Å². The van der Waals surface area contributed by atoms with Crippen LogP contribution in [0.5, 0.6) is 0 Å². The first kappa shape index (κ1) is 13.9. The van der Waals surface area contributed by atoms with Crippen molar-refractivity contribution in [3.05, 3.63) is 64.4 Å². The monoisotopic (exact) mass is 302 g/mol. The maximum absolute atomic E-state index is 12.1. The summed E-state index contributed by atoms with van der Waals surface area (Å²) in [5, 5.41) is 0.494. The van der Waals surface area contributed by atoms with Gasteiger partial charge >= 0.3 is 6.09 Å². The first-order chi connectivity index (χ1) is 10.2. The molecule has 1 amide bonds. The second kappa shape index (κ2) is 6.14. The van der Waals surface area contributed by atoms with Gasteiger partial charge < -0.3 is 9.64 Å². The lowest BCUT2D eigenvalue weighted by molar-refractivity contribution is 0.0916. The number of hydrogen-bond donors (Lipinski definition) is 0. The first-order valence-electron chi connectivity index (χ1n) is 6.82. The zero-order chi connectivity index (χ0) is 14.7. The Kier molecular flexibility index (Phi) is 4.06. The molecule has 0 unspecified atom stereocenters. The summed E-state index contributed by atoms with van der Waals surface area (Å²) in [4.78, 5) is 18.1. The quantitative estimate of drug-likeness (QED) is 0.798. The summed E-state index contributed by atoms with van der Waals surface area (Å²) in [5.41, 5.74) is 2.98. The third-order valence-electron chi connectivity index (χ3n) is 3.48. The Hall–Kier alpha value is -2.07. The summed E-state index contributed by atoms with van der Waals surface area (Å²) in [6.07, 6.45) is 0.413. The molecule has 0 N–H and O–H groups in total. The molecule has 4 nitrogen and oxygen atoms in total. The topological polar surface area (TPSA) is 42.4 Å². The van der Waals surface area contributed by atoms with Crippen LogP contribution >= 0.6 is 11.6 Å². The molecule has 0 saturated heterocycles. The number of ether oxygens (including phenoxy) is 1. The molecule has 1 aromatic heterocycles. The lowest BCUT2D eigenvalue weighted by Crippen LogP contribution is -2.36. The van der Waals surface area contributed by atoms with Crippen LogP contribution in [-0.4, -0.2) is 22.5 Å². The van der Waals surface area contributed by atoms with Gasteiger partial charge in [-0.15, -0.1) is 0 Å². The number of halogens is 1. The molecule has 0 saturated carbocycles. The molecule has 21 heavy (non-hydrogen) atoms. The van der Waals surface area contributed by atoms with Gasteiger partial charge in [0.2, 0.25) is 0 Å². The molecule has 0 radical (unpaired) electrons. The van der Waals surface area contributed by atoms with Gasteiger partial charge in [-0.05, 0) is 17.2 Å². The molecule has 1 aliphatic heterocycles. The summed E-state index contributed by atoms with van der Waals surface area (Å²) < 4.78 is 5.35.